The van der Waals surface area contributed by atoms with E-state index >= 15 is 0 Å². The molecule has 0 bridgehead atoms. The SMILES string of the molecule is CC(Nc1ccn(C)n1)C(=O)NC(N)=O. The van der Waals surface area contributed by atoms with Crippen molar-refractivity contribution in [2.24, 2.45) is 12.8 Å². The van der Waals surface area contributed by atoms with E-state index in [2.05, 4.69) is 10.4 Å². The molecule has 0 aliphatic carbocycles. The fourth-order valence-electron chi connectivity index (χ4n) is 1.01. The first-order chi connectivity index (χ1) is 6.99. The van der Waals surface area contributed by atoms with Gasteiger partial charge in [-0.1, -0.05) is 0 Å². The van der Waals surface area contributed by atoms with Gasteiger partial charge in [-0.25, -0.2) is 4.79 Å². The Kier molecular flexibility index (Phi) is 3.27. The fraction of sp³-hybridized carbons (Fsp3) is 0.375. The summed E-state index contributed by atoms with van der Waals surface area (Å²) in [6.45, 7) is 1.60. The number of hydrogen-bond donors (Lipinski definition) is 3. The Morgan fingerprint density at radius 1 is 1.60 bits per heavy atom. The van der Waals surface area contributed by atoms with Crippen LogP contribution in [0, 0.1) is 0 Å². The highest BCUT2D eigenvalue weighted by molar-refractivity contribution is 5.97. The molecule has 1 aromatic rings. The second-order valence-corrected chi connectivity index (χ2v) is 3.09. The van der Waals surface area contributed by atoms with Crippen LogP contribution in [-0.2, 0) is 11.8 Å². The molecule has 0 fully saturated rings. The second kappa shape index (κ2) is 4.45. The summed E-state index contributed by atoms with van der Waals surface area (Å²) in [7, 11) is 1.76. The summed E-state index contributed by atoms with van der Waals surface area (Å²) in [5.41, 5.74) is 4.81. The maximum atomic E-state index is 11.3. The lowest BCUT2D eigenvalue weighted by Gasteiger charge is -2.11. The summed E-state index contributed by atoms with van der Waals surface area (Å²) in [4.78, 5) is 21.7. The molecule has 3 amide bonds. The molecule has 1 aromatic heterocycles. The average Bonchev–Trinajstić information content (AvgIpc) is 2.50. The summed E-state index contributed by atoms with van der Waals surface area (Å²) in [6.07, 6.45) is 1.74. The van der Waals surface area contributed by atoms with Gasteiger partial charge in [0.2, 0.25) is 5.91 Å². The molecule has 1 heterocycles. The van der Waals surface area contributed by atoms with Gasteiger partial charge in [0.25, 0.3) is 0 Å². The molecule has 1 unspecified atom stereocenters. The zero-order chi connectivity index (χ0) is 11.4. The second-order valence-electron chi connectivity index (χ2n) is 3.09. The van der Waals surface area contributed by atoms with E-state index in [-0.39, 0.29) is 0 Å². The van der Waals surface area contributed by atoms with Gasteiger partial charge in [0, 0.05) is 19.3 Å². The van der Waals surface area contributed by atoms with Gasteiger partial charge in [-0.05, 0) is 6.92 Å². The van der Waals surface area contributed by atoms with E-state index in [9.17, 15) is 9.59 Å². The third kappa shape index (κ3) is 3.29. The van der Waals surface area contributed by atoms with Gasteiger partial charge >= 0.3 is 6.03 Å². The van der Waals surface area contributed by atoms with E-state index in [0.29, 0.717) is 5.82 Å². The maximum absolute atomic E-state index is 11.3. The molecule has 1 rings (SSSR count). The summed E-state index contributed by atoms with van der Waals surface area (Å²) < 4.78 is 1.60. The fourth-order valence-corrected chi connectivity index (χ4v) is 1.01. The van der Waals surface area contributed by atoms with Crippen LogP contribution in [0.15, 0.2) is 12.3 Å². The molecule has 4 N–H and O–H groups in total. The van der Waals surface area contributed by atoms with Crippen LogP contribution < -0.4 is 16.4 Å². The largest absolute Gasteiger partial charge is 0.357 e. The predicted octanol–water partition coefficient (Wildman–Crippen LogP) is -0.585. The minimum absolute atomic E-state index is 0.492. The molecule has 0 spiro atoms. The lowest BCUT2D eigenvalue weighted by Crippen LogP contribution is -2.43. The molecule has 82 valence electrons. The number of primary amides is 1. The van der Waals surface area contributed by atoms with Crippen molar-refractivity contribution in [3.63, 3.8) is 0 Å². The summed E-state index contributed by atoms with van der Waals surface area (Å²) in [5.74, 6) is 0.0674. The topological polar surface area (TPSA) is 102 Å². The molecule has 0 aliphatic heterocycles. The van der Waals surface area contributed by atoms with Gasteiger partial charge in [0.1, 0.15) is 11.9 Å². The van der Waals surface area contributed by atoms with Gasteiger partial charge in [-0.2, -0.15) is 5.10 Å². The van der Waals surface area contributed by atoms with E-state index in [1.807, 2.05) is 5.32 Å². The number of nitrogens with two attached hydrogens (primary N) is 1. The normalized spacial score (nSPS) is 11.9. The van der Waals surface area contributed by atoms with Crippen LogP contribution in [0.5, 0.6) is 0 Å². The van der Waals surface area contributed by atoms with E-state index in [0.717, 1.165) is 0 Å². The Labute approximate surface area is 86.6 Å². The number of carbonyl (C=O) groups excluding carboxylic acids is 2. The molecule has 7 nitrogen and oxygen atoms in total. The van der Waals surface area contributed by atoms with Crippen molar-refractivity contribution in [3.8, 4) is 0 Å². The summed E-state index contributed by atoms with van der Waals surface area (Å²) >= 11 is 0. The first-order valence-electron chi connectivity index (χ1n) is 4.35. The number of nitrogens with zero attached hydrogens (tertiary/aromatic N) is 2. The number of aromatic nitrogens is 2. The van der Waals surface area contributed by atoms with Crippen molar-refractivity contribution in [2.45, 2.75) is 13.0 Å². The number of aryl methyl sites for hydroxylation is 1. The van der Waals surface area contributed by atoms with Crippen molar-refractivity contribution in [3.05, 3.63) is 12.3 Å². The van der Waals surface area contributed by atoms with Crippen LogP contribution in [0.1, 0.15) is 6.92 Å². The summed E-state index contributed by atoms with van der Waals surface area (Å²) in [6, 6.07) is 0.274. The van der Waals surface area contributed by atoms with Crippen LogP contribution >= 0.6 is 0 Å². The van der Waals surface area contributed by atoms with Crippen molar-refractivity contribution in [1.82, 2.24) is 15.1 Å². The van der Waals surface area contributed by atoms with Crippen LogP contribution in [0.3, 0.4) is 0 Å². The first kappa shape index (κ1) is 11.0. The highest BCUT2D eigenvalue weighted by Gasteiger charge is 2.14. The molecule has 0 radical (unpaired) electrons. The van der Waals surface area contributed by atoms with Crippen molar-refractivity contribution in [2.75, 3.05) is 5.32 Å². The van der Waals surface area contributed by atoms with Gasteiger partial charge in [-0.15, -0.1) is 0 Å². The quantitative estimate of drug-likeness (QED) is 0.622. The van der Waals surface area contributed by atoms with E-state index < -0.39 is 18.0 Å². The number of urea groups is 1. The minimum atomic E-state index is -0.866. The number of amides is 3. The van der Waals surface area contributed by atoms with Crippen LogP contribution in [0.25, 0.3) is 0 Å². The number of carbonyl (C=O) groups is 2. The Morgan fingerprint density at radius 2 is 2.27 bits per heavy atom. The standard InChI is InChI=1S/C8H13N5O2/c1-5(7(14)11-8(9)15)10-6-3-4-13(2)12-6/h3-5H,1-2H3,(H,10,12)(H3,9,11,14,15). The van der Waals surface area contributed by atoms with Crippen LogP contribution in [0.4, 0.5) is 10.6 Å². The highest BCUT2D eigenvalue weighted by Crippen LogP contribution is 2.02. The molecule has 15 heavy (non-hydrogen) atoms. The third-order valence-electron chi connectivity index (χ3n) is 1.72. The smallest absolute Gasteiger partial charge is 0.318 e. The highest BCUT2D eigenvalue weighted by atomic mass is 16.2. The van der Waals surface area contributed by atoms with Gasteiger partial charge in [-0.3, -0.25) is 14.8 Å². The van der Waals surface area contributed by atoms with Crippen molar-refractivity contribution >= 4 is 17.8 Å². The van der Waals surface area contributed by atoms with E-state index in [1.54, 1.807) is 30.9 Å². The number of anilines is 1. The molecule has 0 aliphatic rings. The van der Waals surface area contributed by atoms with Gasteiger partial charge in [0.05, 0.1) is 0 Å². The maximum Gasteiger partial charge on any atom is 0.318 e. The summed E-state index contributed by atoms with van der Waals surface area (Å²) in [5, 5.41) is 8.81. The van der Waals surface area contributed by atoms with E-state index in [4.69, 9.17) is 5.73 Å². The average molecular weight is 211 g/mol. The molecule has 0 saturated carbocycles. The number of imide groups is 1. The van der Waals surface area contributed by atoms with Crippen molar-refractivity contribution < 1.29 is 9.59 Å². The molecule has 0 aromatic carbocycles. The Morgan fingerprint density at radius 3 is 2.73 bits per heavy atom. The minimum Gasteiger partial charge on any atom is -0.357 e. The van der Waals surface area contributed by atoms with Crippen LogP contribution in [-0.4, -0.2) is 27.8 Å². The number of hydrogen-bond acceptors (Lipinski definition) is 4. The van der Waals surface area contributed by atoms with Crippen LogP contribution in [0.2, 0.25) is 0 Å². The zero-order valence-corrected chi connectivity index (χ0v) is 8.52. The number of rotatable bonds is 3. The molecular formula is C8H13N5O2. The van der Waals surface area contributed by atoms with Crippen molar-refractivity contribution in [1.29, 1.82) is 0 Å². The first-order valence-corrected chi connectivity index (χ1v) is 4.35. The Hall–Kier alpha value is -2.05. The lowest BCUT2D eigenvalue weighted by atomic mass is 10.3. The molecule has 1 atom stereocenters. The van der Waals surface area contributed by atoms with E-state index in [1.165, 1.54) is 0 Å². The Bertz CT molecular complexity index is 373. The zero-order valence-electron chi connectivity index (χ0n) is 8.52. The Balaban J connectivity index is 2.51. The third-order valence-corrected chi connectivity index (χ3v) is 1.72. The monoisotopic (exact) mass is 211 g/mol. The van der Waals surface area contributed by atoms with Gasteiger partial charge in [0.15, 0.2) is 0 Å². The predicted molar refractivity (Wildman–Crippen MR) is 54.0 cm³/mol. The number of nitrogens with one attached hydrogen (secondary N) is 2. The molecule has 7 heteroatoms. The lowest BCUT2D eigenvalue weighted by molar-refractivity contribution is -0.120. The van der Waals surface area contributed by atoms with Gasteiger partial charge < -0.3 is 11.1 Å². The molecule has 0 saturated heterocycles. The molecular weight excluding hydrogens is 198 g/mol.